The fraction of sp³-hybridized carbons (Fsp3) is 0.889. The van der Waals surface area contributed by atoms with Crippen LogP contribution >= 0.6 is 0 Å². The first-order chi connectivity index (χ1) is 10.8. The van der Waals surface area contributed by atoms with Gasteiger partial charge in [0, 0.05) is 25.0 Å². The molecule has 1 heterocycles. The lowest BCUT2D eigenvalue weighted by atomic mass is 10.1. The first-order valence-corrected chi connectivity index (χ1v) is 9.05. The third-order valence-corrected chi connectivity index (χ3v) is 4.76. The van der Waals surface area contributed by atoms with Crippen molar-refractivity contribution in [2.24, 2.45) is 11.8 Å². The quantitative estimate of drug-likeness (QED) is 0.762. The van der Waals surface area contributed by atoms with Gasteiger partial charge in [-0.15, -0.1) is 0 Å². The summed E-state index contributed by atoms with van der Waals surface area (Å²) < 4.78 is 5.48. The van der Waals surface area contributed by atoms with Gasteiger partial charge in [-0.25, -0.2) is 4.79 Å². The molecule has 0 aromatic rings. The Kier molecular flexibility index (Phi) is 5.93. The smallest absolute Gasteiger partial charge is 0.410 e. The molecule has 2 amide bonds. The van der Waals surface area contributed by atoms with E-state index in [9.17, 15) is 9.59 Å². The van der Waals surface area contributed by atoms with Crippen LogP contribution in [0.4, 0.5) is 4.79 Å². The molecule has 1 saturated carbocycles. The molecule has 2 fully saturated rings. The average Bonchev–Trinajstić information content (AvgIpc) is 3.19. The van der Waals surface area contributed by atoms with Crippen LogP contribution in [0.2, 0.25) is 0 Å². The Hall–Kier alpha value is -1.26. The molecule has 1 N–H and O–H groups in total. The molecule has 0 aromatic carbocycles. The molecule has 0 bridgehead atoms. The van der Waals surface area contributed by atoms with Crippen LogP contribution in [0, 0.1) is 11.8 Å². The van der Waals surface area contributed by atoms with E-state index in [2.05, 4.69) is 5.32 Å². The van der Waals surface area contributed by atoms with Crippen LogP contribution in [0.1, 0.15) is 66.2 Å². The minimum atomic E-state index is -0.447. The van der Waals surface area contributed by atoms with E-state index >= 15 is 0 Å². The maximum atomic E-state index is 12.2. The number of nitrogens with zero attached hydrogens (tertiary/aromatic N) is 1. The van der Waals surface area contributed by atoms with Gasteiger partial charge in [-0.3, -0.25) is 4.79 Å². The molecule has 0 spiro atoms. The molecule has 2 aliphatic rings. The molecular formula is C18H32N2O3. The van der Waals surface area contributed by atoms with Crippen LogP contribution in [-0.4, -0.2) is 41.6 Å². The molecule has 0 radical (unpaired) electrons. The van der Waals surface area contributed by atoms with Gasteiger partial charge in [0.2, 0.25) is 5.91 Å². The van der Waals surface area contributed by atoms with Crippen molar-refractivity contribution in [2.45, 2.75) is 77.9 Å². The molecule has 2 rings (SSSR count). The van der Waals surface area contributed by atoms with Gasteiger partial charge < -0.3 is 15.0 Å². The highest BCUT2D eigenvalue weighted by Gasteiger charge is 2.33. The van der Waals surface area contributed by atoms with Crippen molar-refractivity contribution in [3.8, 4) is 0 Å². The van der Waals surface area contributed by atoms with Crippen molar-refractivity contribution in [1.82, 2.24) is 10.2 Å². The molecule has 23 heavy (non-hydrogen) atoms. The zero-order valence-electron chi connectivity index (χ0n) is 15.1. The summed E-state index contributed by atoms with van der Waals surface area (Å²) in [4.78, 5) is 26.0. The van der Waals surface area contributed by atoms with Crippen molar-refractivity contribution >= 4 is 12.0 Å². The number of amides is 2. The van der Waals surface area contributed by atoms with E-state index in [4.69, 9.17) is 4.74 Å². The monoisotopic (exact) mass is 324 g/mol. The highest BCUT2D eigenvalue weighted by Crippen LogP contribution is 2.36. The Morgan fingerprint density at radius 3 is 2.57 bits per heavy atom. The molecule has 5 nitrogen and oxygen atoms in total. The van der Waals surface area contributed by atoms with E-state index in [1.54, 1.807) is 0 Å². The topological polar surface area (TPSA) is 58.6 Å². The van der Waals surface area contributed by atoms with Gasteiger partial charge in [0.05, 0.1) is 0 Å². The Labute approximate surface area is 140 Å². The third-order valence-electron chi connectivity index (χ3n) is 4.76. The lowest BCUT2D eigenvalue weighted by Gasteiger charge is -2.28. The summed E-state index contributed by atoms with van der Waals surface area (Å²) in [6, 6.07) is 0.252. The Morgan fingerprint density at radius 1 is 1.26 bits per heavy atom. The van der Waals surface area contributed by atoms with Crippen LogP contribution in [-0.2, 0) is 9.53 Å². The van der Waals surface area contributed by atoms with Gasteiger partial charge in [-0.1, -0.05) is 6.92 Å². The van der Waals surface area contributed by atoms with E-state index in [1.165, 1.54) is 12.8 Å². The van der Waals surface area contributed by atoms with Gasteiger partial charge in [0.15, 0.2) is 0 Å². The average molecular weight is 324 g/mol. The molecule has 5 heteroatoms. The fourth-order valence-electron chi connectivity index (χ4n) is 3.22. The third kappa shape index (κ3) is 5.70. The summed E-state index contributed by atoms with van der Waals surface area (Å²) in [6.45, 7) is 9.19. The first-order valence-electron chi connectivity index (χ1n) is 9.05. The second-order valence-electron chi connectivity index (χ2n) is 8.03. The van der Waals surface area contributed by atoms with E-state index in [1.807, 2.05) is 32.6 Å². The predicted octanol–water partition coefficient (Wildman–Crippen LogP) is 3.33. The van der Waals surface area contributed by atoms with Crippen LogP contribution in [0.15, 0.2) is 0 Å². The summed E-state index contributed by atoms with van der Waals surface area (Å²) in [5.41, 5.74) is -0.447. The number of hydrogen-bond donors (Lipinski definition) is 1. The second kappa shape index (κ2) is 7.54. The van der Waals surface area contributed by atoms with Crippen molar-refractivity contribution in [1.29, 1.82) is 0 Å². The van der Waals surface area contributed by atoms with Gasteiger partial charge >= 0.3 is 6.09 Å². The highest BCUT2D eigenvalue weighted by molar-refractivity contribution is 5.78. The lowest BCUT2D eigenvalue weighted by molar-refractivity contribution is -0.125. The lowest BCUT2D eigenvalue weighted by Crippen LogP contribution is -2.40. The second-order valence-corrected chi connectivity index (χ2v) is 8.03. The molecule has 0 aromatic heterocycles. The van der Waals surface area contributed by atoms with E-state index in [0.717, 1.165) is 32.2 Å². The van der Waals surface area contributed by atoms with Crippen molar-refractivity contribution in [3.05, 3.63) is 0 Å². The number of rotatable bonds is 6. The van der Waals surface area contributed by atoms with Gasteiger partial charge in [0.1, 0.15) is 5.60 Å². The van der Waals surface area contributed by atoms with Crippen LogP contribution in [0.25, 0.3) is 0 Å². The van der Waals surface area contributed by atoms with Crippen molar-refractivity contribution in [3.63, 3.8) is 0 Å². The Balaban J connectivity index is 1.67. The van der Waals surface area contributed by atoms with Crippen molar-refractivity contribution in [2.75, 3.05) is 13.1 Å². The summed E-state index contributed by atoms with van der Waals surface area (Å²) >= 11 is 0. The van der Waals surface area contributed by atoms with Crippen LogP contribution in [0.5, 0.6) is 0 Å². The van der Waals surface area contributed by atoms with E-state index in [0.29, 0.717) is 12.5 Å². The van der Waals surface area contributed by atoms with Gasteiger partial charge in [-0.2, -0.15) is 0 Å². The molecule has 2 unspecified atom stereocenters. The zero-order chi connectivity index (χ0) is 17.0. The largest absolute Gasteiger partial charge is 0.444 e. The number of likely N-dealkylation sites (tertiary alicyclic amines) is 1. The van der Waals surface area contributed by atoms with Gasteiger partial charge in [0.25, 0.3) is 0 Å². The fourth-order valence-corrected chi connectivity index (χ4v) is 3.22. The number of nitrogens with one attached hydrogen (secondary N) is 1. The Morgan fingerprint density at radius 2 is 1.96 bits per heavy atom. The summed E-state index contributed by atoms with van der Waals surface area (Å²) in [5.74, 6) is 0.940. The first kappa shape index (κ1) is 18.1. The van der Waals surface area contributed by atoms with E-state index in [-0.39, 0.29) is 24.0 Å². The number of carbonyl (C=O) groups is 2. The molecular weight excluding hydrogens is 292 g/mol. The molecule has 1 saturated heterocycles. The summed E-state index contributed by atoms with van der Waals surface area (Å²) in [7, 11) is 0. The Bertz CT molecular complexity index is 426. The van der Waals surface area contributed by atoms with Crippen molar-refractivity contribution < 1.29 is 14.3 Å². The number of hydrogen-bond acceptors (Lipinski definition) is 3. The van der Waals surface area contributed by atoms with Gasteiger partial charge in [-0.05, 0) is 65.2 Å². The molecule has 1 aliphatic heterocycles. The maximum absolute atomic E-state index is 12.2. The minimum Gasteiger partial charge on any atom is -0.444 e. The minimum absolute atomic E-state index is 0.153. The molecule has 132 valence electrons. The summed E-state index contributed by atoms with van der Waals surface area (Å²) in [6.07, 6.45) is 6.10. The molecule has 2 atom stereocenters. The molecule has 1 aliphatic carbocycles. The highest BCUT2D eigenvalue weighted by atomic mass is 16.6. The van der Waals surface area contributed by atoms with Crippen LogP contribution in [0.3, 0.4) is 0 Å². The SMILES string of the molecule is CC(C(=O)NCCCC1CCCN1C(=O)OC(C)(C)C)C1CC1. The van der Waals surface area contributed by atoms with E-state index < -0.39 is 5.60 Å². The zero-order valence-corrected chi connectivity index (χ0v) is 15.1. The predicted molar refractivity (Wildman–Crippen MR) is 90.1 cm³/mol. The number of ether oxygens (including phenoxy) is 1. The normalized spacial score (nSPS) is 22.8. The van der Waals surface area contributed by atoms with Crippen LogP contribution < -0.4 is 5.32 Å². The standard InChI is InChI=1S/C18H32N2O3/c1-13(14-9-10-14)16(21)19-11-5-7-15-8-6-12-20(15)17(22)23-18(2,3)4/h13-15H,5-12H2,1-4H3,(H,19,21). The number of carbonyl (C=O) groups excluding carboxylic acids is 2. The summed E-state index contributed by atoms with van der Waals surface area (Å²) in [5, 5.41) is 3.04. The maximum Gasteiger partial charge on any atom is 0.410 e.